The van der Waals surface area contributed by atoms with Crippen molar-refractivity contribution < 1.29 is 27.3 Å². The molecule has 0 amide bonds. The Balaban J connectivity index is 4.45. The molecule has 0 radical (unpaired) electrons. The molecular formula is C15H30O6Si3. The van der Waals surface area contributed by atoms with Gasteiger partial charge in [0.1, 0.15) is 12.5 Å². The summed E-state index contributed by atoms with van der Waals surface area (Å²) < 4.78 is 22.6. The van der Waals surface area contributed by atoms with Crippen molar-refractivity contribution in [3.8, 4) is 0 Å². The second-order valence-electron chi connectivity index (χ2n) is 7.04. The standard InChI is InChI=1S/C15H30O6Si3/c1-12(2)14(16)18-10-23(6,7)20-22(5)21-24(8,9)11-19-15(17)13(3)4/h22H,1,3,10-11H2,2,4-9H3. The highest BCUT2D eigenvalue weighted by Gasteiger charge is 2.33. The number of esters is 2. The van der Waals surface area contributed by atoms with Crippen LogP contribution in [-0.4, -0.2) is 50.3 Å². The first-order valence-corrected chi connectivity index (χ1v) is 16.1. The summed E-state index contributed by atoms with van der Waals surface area (Å²) in [6.45, 7) is 20.2. The van der Waals surface area contributed by atoms with E-state index in [1.165, 1.54) is 0 Å². The largest absolute Gasteiger partial charge is 0.463 e. The third kappa shape index (κ3) is 9.98. The van der Waals surface area contributed by atoms with Crippen LogP contribution in [0.2, 0.25) is 32.7 Å². The second-order valence-corrected chi connectivity index (χ2v) is 17.7. The van der Waals surface area contributed by atoms with Crippen LogP contribution in [0.4, 0.5) is 0 Å². The smallest absolute Gasteiger partial charge is 0.332 e. The molecule has 0 unspecified atom stereocenters. The van der Waals surface area contributed by atoms with E-state index in [0.717, 1.165) is 0 Å². The van der Waals surface area contributed by atoms with Gasteiger partial charge in [-0.05, 0) is 46.6 Å². The molecule has 0 saturated heterocycles. The fourth-order valence-electron chi connectivity index (χ4n) is 1.72. The molecular weight excluding hydrogens is 360 g/mol. The molecule has 0 aliphatic heterocycles. The maximum Gasteiger partial charge on any atom is 0.332 e. The molecule has 9 heteroatoms. The van der Waals surface area contributed by atoms with Crippen molar-refractivity contribution in [3.05, 3.63) is 24.3 Å². The van der Waals surface area contributed by atoms with Gasteiger partial charge in [0, 0.05) is 11.1 Å². The first kappa shape index (κ1) is 23.0. The molecule has 0 aliphatic rings. The van der Waals surface area contributed by atoms with Gasteiger partial charge in [-0.1, -0.05) is 13.2 Å². The fourth-order valence-corrected chi connectivity index (χ4v) is 11.0. The van der Waals surface area contributed by atoms with Crippen LogP contribution in [0.3, 0.4) is 0 Å². The van der Waals surface area contributed by atoms with Crippen molar-refractivity contribution in [2.75, 3.05) is 12.5 Å². The number of rotatable bonds is 10. The van der Waals surface area contributed by atoms with E-state index in [-0.39, 0.29) is 12.5 Å². The third-order valence-corrected chi connectivity index (χ3v) is 12.2. The lowest BCUT2D eigenvalue weighted by atomic mass is 10.4. The SMILES string of the molecule is C=C(C)C(=O)OC[Si](C)(C)O[SiH](C)O[Si](C)(C)COC(=O)C(=C)C. The average molecular weight is 391 g/mol. The van der Waals surface area contributed by atoms with Crippen LogP contribution in [0.5, 0.6) is 0 Å². The molecule has 0 aromatic carbocycles. The van der Waals surface area contributed by atoms with Crippen LogP contribution in [0, 0.1) is 0 Å². The maximum atomic E-state index is 11.5. The highest BCUT2D eigenvalue weighted by atomic mass is 28.4. The highest BCUT2D eigenvalue weighted by Crippen LogP contribution is 2.14. The van der Waals surface area contributed by atoms with E-state index in [9.17, 15) is 9.59 Å². The number of ether oxygens (including phenoxy) is 2. The highest BCUT2D eigenvalue weighted by molar-refractivity contribution is 6.81. The summed E-state index contributed by atoms with van der Waals surface area (Å²) in [6, 6.07) is 0. The molecule has 24 heavy (non-hydrogen) atoms. The predicted octanol–water partition coefficient (Wildman–Crippen LogP) is 2.60. The molecule has 0 aromatic heterocycles. The van der Waals surface area contributed by atoms with Gasteiger partial charge in [0.25, 0.3) is 9.28 Å². The predicted molar refractivity (Wildman–Crippen MR) is 102 cm³/mol. The Morgan fingerprint density at radius 2 is 1.12 bits per heavy atom. The molecule has 0 spiro atoms. The molecule has 6 nitrogen and oxygen atoms in total. The molecule has 0 bridgehead atoms. The Bertz CT molecular complexity index is 457. The van der Waals surface area contributed by atoms with E-state index >= 15 is 0 Å². The number of carbonyl (C=O) groups is 2. The van der Waals surface area contributed by atoms with Gasteiger partial charge in [-0.3, -0.25) is 0 Å². The van der Waals surface area contributed by atoms with Crippen LogP contribution < -0.4 is 0 Å². The Morgan fingerprint density at radius 1 is 0.833 bits per heavy atom. The molecule has 0 heterocycles. The van der Waals surface area contributed by atoms with Crippen molar-refractivity contribution in [2.45, 2.75) is 46.6 Å². The van der Waals surface area contributed by atoms with Crippen molar-refractivity contribution in [3.63, 3.8) is 0 Å². The van der Waals surface area contributed by atoms with E-state index in [2.05, 4.69) is 13.2 Å². The zero-order chi connectivity index (χ0) is 19.1. The summed E-state index contributed by atoms with van der Waals surface area (Å²) in [5, 5.41) is 0. The van der Waals surface area contributed by atoms with E-state index in [1.807, 2.05) is 32.7 Å². The summed E-state index contributed by atoms with van der Waals surface area (Å²) in [4.78, 5) is 23.0. The quantitative estimate of drug-likeness (QED) is 0.324. The topological polar surface area (TPSA) is 71.1 Å². The molecule has 0 saturated carbocycles. The monoisotopic (exact) mass is 390 g/mol. The van der Waals surface area contributed by atoms with E-state index in [4.69, 9.17) is 17.7 Å². The fraction of sp³-hybridized carbons (Fsp3) is 0.600. The minimum Gasteiger partial charge on any atom is -0.463 e. The van der Waals surface area contributed by atoms with Gasteiger partial charge >= 0.3 is 11.9 Å². The van der Waals surface area contributed by atoms with E-state index < -0.39 is 37.9 Å². The molecule has 138 valence electrons. The van der Waals surface area contributed by atoms with E-state index in [1.54, 1.807) is 13.8 Å². The Hall–Kier alpha value is -1.01. The molecule has 0 fully saturated rings. The zero-order valence-electron chi connectivity index (χ0n) is 15.9. The lowest BCUT2D eigenvalue weighted by molar-refractivity contribution is -0.138. The number of hydrogen-bond donors (Lipinski definition) is 0. The second kappa shape index (κ2) is 9.47. The lowest BCUT2D eigenvalue weighted by Gasteiger charge is -2.31. The number of hydrogen-bond acceptors (Lipinski definition) is 6. The summed E-state index contributed by atoms with van der Waals surface area (Å²) in [7, 11) is -6.30. The molecule has 0 atom stereocenters. The molecule has 0 aliphatic carbocycles. The van der Waals surface area contributed by atoms with Crippen LogP contribution in [-0.2, 0) is 27.3 Å². The van der Waals surface area contributed by atoms with Crippen molar-refractivity contribution in [2.24, 2.45) is 0 Å². The summed E-state index contributed by atoms with van der Waals surface area (Å²) in [5.41, 5.74) is 0.739. The van der Waals surface area contributed by atoms with Gasteiger partial charge in [0.05, 0.1) is 0 Å². The Morgan fingerprint density at radius 3 is 1.38 bits per heavy atom. The zero-order valence-corrected chi connectivity index (χ0v) is 19.0. The third-order valence-electron chi connectivity index (χ3n) is 2.77. The van der Waals surface area contributed by atoms with Gasteiger partial charge in [-0.2, -0.15) is 0 Å². The normalized spacial score (nSPS) is 12.0. The minimum atomic E-state index is -2.18. The molecule has 0 rings (SSSR count). The Kier molecular flexibility index (Phi) is 9.07. The molecule has 0 N–H and O–H groups in total. The summed E-state index contributed by atoms with van der Waals surface area (Å²) >= 11 is 0. The van der Waals surface area contributed by atoms with Gasteiger partial charge in [0.15, 0.2) is 0 Å². The Labute approximate surface area is 148 Å². The van der Waals surface area contributed by atoms with Crippen LogP contribution >= 0.6 is 0 Å². The summed E-state index contributed by atoms with van der Waals surface area (Å²) in [5.74, 6) is -0.813. The van der Waals surface area contributed by atoms with Gasteiger partial charge < -0.3 is 17.7 Å². The van der Waals surface area contributed by atoms with Crippen LogP contribution in [0.15, 0.2) is 24.3 Å². The van der Waals surface area contributed by atoms with Gasteiger partial charge in [-0.25, -0.2) is 9.59 Å². The summed E-state index contributed by atoms with van der Waals surface area (Å²) in [6.07, 6.45) is 0.512. The maximum absolute atomic E-state index is 11.5. The van der Waals surface area contributed by atoms with Crippen LogP contribution in [0.1, 0.15) is 13.8 Å². The molecule has 0 aromatic rings. The first-order chi connectivity index (χ1) is 10.8. The minimum absolute atomic E-state index is 0.256. The van der Waals surface area contributed by atoms with E-state index in [0.29, 0.717) is 11.1 Å². The van der Waals surface area contributed by atoms with Crippen LogP contribution in [0.25, 0.3) is 0 Å². The van der Waals surface area contributed by atoms with Gasteiger partial charge in [0.2, 0.25) is 16.6 Å². The lowest BCUT2D eigenvalue weighted by Crippen LogP contribution is -2.49. The first-order valence-electron chi connectivity index (χ1n) is 7.77. The van der Waals surface area contributed by atoms with Crippen molar-refractivity contribution >= 4 is 37.9 Å². The number of carbonyl (C=O) groups excluding carboxylic acids is 2. The van der Waals surface area contributed by atoms with Crippen molar-refractivity contribution in [1.29, 1.82) is 0 Å². The average Bonchev–Trinajstić information content (AvgIpc) is 2.40. The van der Waals surface area contributed by atoms with Gasteiger partial charge in [-0.15, -0.1) is 0 Å². The van der Waals surface area contributed by atoms with Crippen molar-refractivity contribution in [1.82, 2.24) is 0 Å².